The highest BCUT2D eigenvalue weighted by molar-refractivity contribution is 5.79. The van der Waals surface area contributed by atoms with Crippen LogP contribution in [0.2, 0.25) is 0 Å². The Kier molecular flexibility index (Phi) is 5.74. The van der Waals surface area contributed by atoms with Crippen molar-refractivity contribution in [3.05, 3.63) is 17.0 Å². The number of nitrogen functional groups attached to an aromatic ring is 1. The molecule has 7 heteroatoms. The summed E-state index contributed by atoms with van der Waals surface area (Å²) in [5.41, 5.74) is 8.12. The zero-order chi connectivity index (χ0) is 18.7. The maximum Gasteiger partial charge on any atom is 0.227 e. The summed E-state index contributed by atoms with van der Waals surface area (Å²) in [4.78, 5) is 36.6. The minimum absolute atomic E-state index is 0.137. The van der Waals surface area contributed by atoms with Gasteiger partial charge >= 0.3 is 0 Å². The van der Waals surface area contributed by atoms with Crippen LogP contribution in [0.25, 0.3) is 0 Å². The van der Waals surface area contributed by atoms with Crippen LogP contribution in [0, 0.1) is 19.8 Å². The van der Waals surface area contributed by atoms with Gasteiger partial charge in [0.25, 0.3) is 0 Å². The van der Waals surface area contributed by atoms with Crippen LogP contribution in [0.4, 0.5) is 5.95 Å². The van der Waals surface area contributed by atoms with Gasteiger partial charge in [0.2, 0.25) is 17.8 Å². The topological polar surface area (TPSA) is 92.4 Å². The predicted octanol–water partition coefficient (Wildman–Crippen LogP) is 1.47. The number of anilines is 1. The summed E-state index contributed by atoms with van der Waals surface area (Å²) in [7, 11) is 0. The largest absolute Gasteiger partial charge is 0.368 e. The lowest BCUT2D eigenvalue weighted by molar-refractivity contribution is -0.131. The molecule has 26 heavy (non-hydrogen) atoms. The van der Waals surface area contributed by atoms with E-state index in [9.17, 15) is 9.59 Å². The van der Waals surface area contributed by atoms with E-state index in [1.165, 1.54) is 0 Å². The van der Waals surface area contributed by atoms with Gasteiger partial charge in [0.1, 0.15) is 0 Å². The van der Waals surface area contributed by atoms with Crippen LogP contribution >= 0.6 is 0 Å². The van der Waals surface area contributed by atoms with Crippen molar-refractivity contribution >= 4 is 17.8 Å². The predicted molar refractivity (Wildman–Crippen MR) is 99.4 cm³/mol. The summed E-state index contributed by atoms with van der Waals surface area (Å²) in [6, 6.07) is 0. The highest BCUT2D eigenvalue weighted by Crippen LogP contribution is 2.23. The second kappa shape index (κ2) is 8.01. The van der Waals surface area contributed by atoms with Gasteiger partial charge in [0, 0.05) is 49.6 Å². The smallest absolute Gasteiger partial charge is 0.227 e. The van der Waals surface area contributed by atoms with Gasteiger partial charge in [-0.05, 0) is 45.4 Å². The van der Waals surface area contributed by atoms with E-state index < -0.39 is 0 Å². The van der Waals surface area contributed by atoms with Gasteiger partial charge in [-0.15, -0.1) is 0 Å². The highest BCUT2D eigenvalue weighted by atomic mass is 16.2. The Labute approximate surface area is 155 Å². The van der Waals surface area contributed by atoms with E-state index in [2.05, 4.69) is 9.97 Å². The Morgan fingerprint density at radius 3 is 2.38 bits per heavy atom. The van der Waals surface area contributed by atoms with Crippen molar-refractivity contribution in [2.24, 2.45) is 5.92 Å². The molecule has 3 heterocycles. The normalized spacial score (nSPS) is 18.6. The van der Waals surface area contributed by atoms with Gasteiger partial charge in [0.05, 0.1) is 6.42 Å². The molecule has 0 aliphatic carbocycles. The first-order chi connectivity index (χ1) is 12.4. The van der Waals surface area contributed by atoms with E-state index in [1.54, 1.807) is 0 Å². The molecule has 2 aliphatic heterocycles. The van der Waals surface area contributed by atoms with E-state index in [-0.39, 0.29) is 11.9 Å². The van der Waals surface area contributed by atoms with Crippen molar-refractivity contribution < 1.29 is 9.59 Å². The highest BCUT2D eigenvalue weighted by Gasteiger charge is 2.26. The Hall–Kier alpha value is -2.18. The zero-order valence-electron chi connectivity index (χ0n) is 15.8. The van der Waals surface area contributed by atoms with Crippen molar-refractivity contribution in [1.82, 2.24) is 19.8 Å². The second-order valence-electron chi connectivity index (χ2n) is 7.51. The van der Waals surface area contributed by atoms with E-state index >= 15 is 0 Å². The van der Waals surface area contributed by atoms with Crippen LogP contribution in [-0.4, -0.2) is 57.8 Å². The molecule has 0 saturated carbocycles. The molecule has 0 atom stereocenters. The lowest BCUT2D eigenvalue weighted by Crippen LogP contribution is -2.40. The molecule has 3 rings (SSSR count). The Balaban J connectivity index is 1.47. The molecule has 2 N–H and O–H groups in total. The Bertz CT molecular complexity index is 660. The van der Waals surface area contributed by atoms with Gasteiger partial charge in [-0.1, -0.05) is 0 Å². The SMILES string of the molecule is Cc1nc(N)nc(C)c1CC(=O)N1CCC(CCN2CCCC2=O)CC1. The first-order valence-electron chi connectivity index (χ1n) is 9.59. The number of piperidine rings is 1. The van der Waals surface area contributed by atoms with Gasteiger partial charge in [-0.2, -0.15) is 0 Å². The first-order valence-corrected chi connectivity index (χ1v) is 9.59. The summed E-state index contributed by atoms with van der Waals surface area (Å²) in [6.07, 6.45) is 5.14. The van der Waals surface area contributed by atoms with E-state index in [0.29, 0.717) is 24.7 Å². The van der Waals surface area contributed by atoms with Gasteiger partial charge in [-0.25, -0.2) is 9.97 Å². The second-order valence-corrected chi connectivity index (χ2v) is 7.51. The molecule has 2 aliphatic rings. The number of carbonyl (C=O) groups is 2. The summed E-state index contributed by atoms with van der Waals surface area (Å²) in [5.74, 6) is 1.30. The molecule has 0 bridgehead atoms. The fourth-order valence-electron chi connectivity index (χ4n) is 4.03. The maximum atomic E-state index is 12.7. The molecule has 0 spiro atoms. The Morgan fingerprint density at radius 1 is 1.15 bits per heavy atom. The average molecular weight is 359 g/mol. The molecule has 2 saturated heterocycles. The summed E-state index contributed by atoms with van der Waals surface area (Å²) in [6.45, 7) is 7.13. The number of hydrogen-bond acceptors (Lipinski definition) is 5. The van der Waals surface area contributed by atoms with E-state index in [0.717, 1.165) is 68.8 Å². The number of aryl methyl sites for hydroxylation is 2. The van der Waals surface area contributed by atoms with Gasteiger partial charge < -0.3 is 15.5 Å². The Morgan fingerprint density at radius 2 is 1.81 bits per heavy atom. The summed E-state index contributed by atoms with van der Waals surface area (Å²) >= 11 is 0. The summed E-state index contributed by atoms with van der Waals surface area (Å²) in [5, 5.41) is 0. The molecule has 0 radical (unpaired) electrons. The van der Waals surface area contributed by atoms with Crippen LogP contribution in [0.15, 0.2) is 0 Å². The molecule has 142 valence electrons. The average Bonchev–Trinajstić information content (AvgIpc) is 3.01. The van der Waals surface area contributed by atoms with Crippen molar-refractivity contribution in [1.29, 1.82) is 0 Å². The number of rotatable bonds is 5. The van der Waals surface area contributed by atoms with Crippen LogP contribution < -0.4 is 5.73 Å². The first kappa shape index (κ1) is 18.6. The van der Waals surface area contributed by atoms with E-state index in [1.807, 2.05) is 23.6 Å². The molecule has 1 aromatic heterocycles. The number of likely N-dealkylation sites (tertiary alicyclic amines) is 2. The lowest BCUT2D eigenvalue weighted by Gasteiger charge is -2.33. The molecule has 2 fully saturated rings. The third kappa shape index (κ3) is 4.31. The number of nitrogens with zero attached hydrogens (tertiary/aromatic N) is 4. The fraction of sp³-hybridized carbons (Fsp3) is 0.684. The molecule has 0 aromatic carbocycles. The van der Waals surface area contributed by atoms with Crippen LogP contribution in [0.1, 0.15) is 49.1 Å². The van der Waals surface area contributed by atoms with Crippen LogP contribution in [-0.2, 0) is 16.0 Å². The number of amides is 2. The van der Waals surface area contributed by atoms with Crippen molar-refractivity contribution in [3.63, 3.8) is 0 Å². The molecule has 2 amide bonds. The van der Waals surface area contributed by atoms with E-state index in [4.69, 9.17) is 5.73 Å². The molecular formula is C19H29N5O2. The summed E-state index contributed by atoms with van der Waals surface area (Å²) < 4.78 is 0. The molecule has 1 aromatic rings. The van der Waals surface area contributed by atoms with Gasteiger partial charge in [-0.3, -0.25) is 9.59 Å². The quantitative estimate of drug-likeness (QED) is 0.859. The number of nitrogens with two attached hydrogens (primary N) is 1. The lowest BCUT2D eigenvalue weighted by atomic mass is 9.93. The standard InChI is InChI=1S/C19H29N5O2/c1-13-16(14(2)22-19(20)21-13)12-18(26)24-10-6-15(7-11-24)5-9-23-8-3-4-17(23)25/h15H,3-12H2,1-2H3,(H2,20,21,22). The monoisotopic (exact) mass is 359 g/mol. The fourth-order valence-corrected chi connectivity index (χ4v) is 4.03. The van der Waals surface area contributed by atoms with Crippen LogP contribution in [0.3, 0.4) is 0 Å². The third-order valence-corrected chi connectivity index (χ3v) is 5.71. The van der Waals surface area contributed by atoms with Crippen molar-refractivity contribution in [3.8, 4) is 0 Å². The number of carbonyl (C=O) groups excluding carboxylic acids is 2. The molecule has 7 nitrogen and oxygen atoms in total. The minimum atomic E-state index is 0.137. The van der Waals surface area contributed by atoms with Crippen LogP contribution in [0.5, 0.6) is 0 Å². The maximum absolute atomic E-state index is 12.7. The molecular weight excluding hydrogens is 330 g/mol. The minimum Gasteiger partial charge on any atom is -0.368 e. The van der Waals surface area contributed by atoms with Crippen molar-refractivity contribution in [2.75, 3.05) is 31.9 Å². The number of aromatic nitrogens is 2. The van der Waals surface area contributed by atoms with Crippen molar-refractivity contribution in [2.45, 2.75) is 52.4 Å². The van der Waals surface area contributed by atoms with Gasteiger partial charge in [0.15, 0.2) is 0 Å². The third-order valence-electron chi connectivity index (χ3n) is 5.71. The number of hydrogen-bond donors (Lipinski definition) is 1. The molecule has 0 unspecified atom stereocenters. The zero-order valence-corrected chi connectivity index (χ0v) is 15.8.